The van der Waals surface area contributed by atoms with Gasteiger partial charge in [0.25, 0.3) is 5.91 Å². The van der Waals surface area contributed by atoms with E-state index in [9.17, 15) is 18.0 Å². The van der Waals surface area contributed by atoms with Crippen LogP contribution < -0.4 is 0 Å². The molecule has 126 valence electrons. The van der Waals surface area contributed by atoms with Gasteiger partial charge in [0.1, 0.15) is 0 Å². The number of thioether (sulfide) groups is 1. The first-order valence-electron chi connectivity index (χ1n) is 7.13. The number of benzene rings is 1. The fourth-order valence-corrected chi connectivity index (χ4v) is 4.37. The molecule has 23 heavy (non-hydrogen) atoms. The number of nitrogens with zero attached hydrogens (tertiary/aromatic N) is 1. The van der Waals surface area contributed by atoms with Crippen LogP contribution in [0.5, 0.6) is 0 Å². The molecule has 1 atom stereocenters. The summed E-state index contributed by atoms with van der Waals surface area (Å²) < 4.78 is 22.6. The zero-order chi connectivity index (χ0) is 17.0. The molecule has 1 aliphatic heterocycles. The number of aliphatic carboxylic acids is 1. The molecule has 1 heterocycles. The van der Waals surface area contributed by atoms with E-state index in [1.54, 1.807) is 40.9 Å². The monoisotopic (exact) mass is 357 g/mol. The molecule has 1 fully saturated rings. The molecule has 0 saturated carbocycles. The zero-order valence-electron chi connectivity index (χ0n) is 12.8. The highest BCUT2D eigenvalue weighted by molar-refractivity contribution is 7.99. The SMILES string of the molecule is CS(=O)(=O)Cc1ccc(C(=O)N2CCSCC2CC(=O)O)cc1. The second-order valence-electron chi connectivity index (χ2n) is 5.59. The summed E-state index contributed by atoms with van der Waals surface area (Å²) in [6.07, 6.45) is 1.10. The molecule has 8 heteroatoms. The summed E-state index contributed by atoms with van der Waals surface area (Å²) in [7, 11) is -3.12. The van der Waals surface area contributed by atoms with Crippen molar-refractivity contribution in [3.63, 3.8) is 0 Å². The van der Waals surface area contributed by atoms with Crippen LogP contribution in [0.1, 0.15) is 22.3 Å². The van der Waals surface area contributed by atoms with Crippen LogP contribution in [-0.2, 0) is 20.4 Å². The number of hydrogen-bond acceptors (Lipinski definition) is 5. The minimum Gasteiger partial charge on any atom is -0.481 e. The Bertz CT molecular complexity index is 684. The summed E-state index contributed by atoms with van der Waals surface area (Å²) in [5, 5.41) is 8.98. The number of carboxylic acids is 1. The van der Waals surface area contributed by atoms with E-state index < -0.39 is 15.8 Å². The predicted octanol–water partition coefficient (Wildman–Crippen LogP) is 1.26. The maximum Gasteiger partial charge on any atom is 0.305 e. The van der Waals surface area contributed by atoms with E-state index in [0.717, 1.165) is 12.0 Å². The third kappa shape index (κ3) is 5.24. The molecule has 0 spiro atoms. The fourth-order valence-electron chi connectivity index (χ4n) is 2.50. The average Bonchev–Trinajstić information content (AvgIpc) is 2.45. The van der Waals surface area contributed by atoms with Gasteiger partial charge in [-0.2, -0.15) is 11.8 Å². The van der Waals surface area contributed by atoms with Crippen molar-refractivity contribution in [2.45, 2.75) is 18.2 Å². The van der Waals surface area contributed by atoms with Gasteiger partial charge >= 0.3 is 5.97 Å². The Morgan fingerprint density at radius 1 is 1.30 bits per heavy atom. The molecule has 6 nitrogen and oxygen atoms in total. The lowest BCUT2D eigenvalue weighted by molar-refractivity contribution is -0.138. The molecular formula is C15H19NO5S2. The minimum absolute atomic E-state index is 0.0646. The second-order valence-corrected chi connectivity index (χ2v) is 8.88. The number of amides is 1. The van der Waals surface area contributed by atoms with Crippen LogP contribution in [0.3, 0.4) is 0 Å². The maximum absolute atomic E-state index is 12.6. The van der Waals surface area contributed by atoms with Crippen LogP contribution in [0.25, 0.3) is 0 Å². The Balaban J connectivity index is 2.13. The van der Waals surface area contributed by atoms with E-state index in [1.807, 2.05) is 0 Å². The van der Waals surface area contributed by atoms with Crippen molar-refractivity contribution in [2.75, 3.05) is 24.3 Å². The summed E-state index contributed by atoms with van der Waals surface area (Å²) in [5.74, 6) is 0.211. The zero-order valence-corrected chi connectivity index (χ0v) is 14.4. The van der Waals surface area contributed by atoms with Gasteiger partial charge in [-0.15, -0.1) is 0 Å². The summed E-state index contributed by atoms with van der Waals surface area (Å²) in [6.45, 7) is 0.520. The normalized spacial score (nSPS) is 18.7. The fraction of sp³-hybridized carbons (Fsp3) is 0.467. The van der Waals surface area contributed by atoms with Gasteiger partial charge in [0.2, 0.25) is 0 Å². The first kappa shape index (κ1) is 17.8. The largest absolute Gasteiger partial charge is 0.481 e. The van der Waals surface area contributed by atoms with Crippen molar-refractivity contribution in [2.24, 2.45) is 0 Å². The number of carbonyl (C=O) groups is 2. The molecule has 0 aromatic heterocycles. The Labute approximate surface area is 139 Å². The minimum atomic E-state index is -3.12. The highest BCUT2D eigenvalue weighted by Gasteiger charge is 2.29. The highest BCUT2D eigenvalue weighted by Crippen LogP contribution is 2.21. The summed E-state index contributed by atoms with van der Waals surface area (Å²) in [5.41, 5.74) is 1.07. The number of hydrogen-bond donors (Lipinski definition) is 1. The van der Waals surface area contributed by atoms with E-state index in [-0.39, 0.29) is 24.1 Å². The van der Waals surface area contributed by atoms with E-state index >= 15 is 0 Å². The standard InChI is InChI=1S/C15H19NO5S2/c1-23(20,21)10-11-2-4-12(5-3-11)15(19)16-6-7-22-9-13(16)8-14(17)18/h2-5,13H,6-10H2,1H3,(H,17,18). The van der Waals surface area contributed by atoms with Gasteiger partial charge in [-0.05, 0) is 17.7 Å². The van der Waals surface area contributed by atoms with Crippen molar-refractivity contribution in [3.8, 4) is 0 Å². The first-order chi connectivity index (χ1) is 10.8. The lowest BCUT2D eigenvalue weighted by atomic mass is 10.1. The van der Waals surface area contributed by atoms with Gasteiger partial charge in [-0.3, -0.25) is 9.59 Å². The summed E-state index contributed by atoms with van der Waals surface area (Å²) in [6, 6.07) is 6.14. The number of sulfone groups is 1. The molecule has 1 aromatic carbocycles. The topological polar surface area (TPSA) is 91.8 Å². The van der Waals surface area contributed by atoms with Crippen LogP contribution in [0.15, 0.2) is 24.3 Å². The van der Waals surface area contributed by atoms with Crippen molar-refractivity contribution < 1.29 is 23.1 Å². The molecule has 0 bridgehead atoms. The average molecular weight is 357 g/mol. The quantitative estimate of drug-likeness (QED) is 0.853. The Morgan fingerprint density at radius 2 is 1.96 bits per heavy atom. The van der Waals surface area contributed by atoms with Crippen molar-refractivity contribution >= 4 is 33.5 Å². The molecular weight excluding hydrogens is 338 g/mol. The maximum atomic E-state index is 12.6. The first-order valence-corrected chi connectivity index (χ1v) is 10.3. The molecule has 1 unspecified atom stereocenters. The molecule has 1 amide bonds. The van der Waals surface area contributed by atoms with Crippen molar-refractivity contribution in [3.05, 3.63) is 35.4 Å². The van der Waals surface area contributed by atoms with Crippen LogP contribution in [0, 0.1) is 0 Å². The van der Waals surface area contributed by atoms with Crippen LogP contribution in [0.2, 0.25) is 0 Å². The van der Waals surface area contributed by atoms with Gasteiger partial charge in [0, 0.05) is 29.9 Å². The highest BCUT2D eigenvalue weighted by atomic mass is 32.2. The molecule has 1 aliphatic rings. The summed E-state index contributed by atoms with van der Waals surface area (Å²) in [4.78, 5) is 25.1. The number of carboxylic acid groups (broad SMARTS) is 1. The Kier molecular flexibility index (Phi) is 5.69. The van der Waals surface area contributed by atoms with Gasteiger partial charge in [0.15, 0.2) is 9.84 Å². The third-order valence-corrected chi connectivity index (χ3v) is 5.48. The number of rotatable bonds is 5. The molecule has 1 aromatic rings. The lowest BCUT2D eigenvalue weighted by Crippen LogP contribution is -2.47. The smallest absolute Gasteiger partial charge is 0.305 e. The van der Waals surface area contributed by atoms with Crippen molar-refractivity contribution in [1.29, 1.82) is 0 Å². The van der Waals surface area contributed by atoms with Crippen LogP contribution in [-0.4, -0.2) is 60.6 Å². The van der Waals surface area contributed by atoms with Gasteiger partial charge in [-0.25, -0.2) is 8.42 Å². The van der Waals surface area contributed by atoms with E-state index in [2.05, 4.69) is 0 Å². The Hall–Kier alpha value is -1.54. The second kappa shape index (κ2) is 7.35. The molecule has 0 radical (unpaired) electrons. The molecule has 2 rings (SSSR count). The predicted molar refractivity (Wildman–Crippen MR) is 89.4 cm³/mol. The Morgan fingerprint density at radius 3 is 2.52 bits per heavy atom. The van der Waals surface area contributed by atoms with Gasteiger partial charge < -0.3 is 10.0 Å². The number of carbonyl (C=O) groups excluding carboxylic acids is 1. The molecule has 0 aliphatic carbocycles. The van der Waals surface area contributed by atoms with Crippen LogP contribution >= 0.6 is 11.8 Å². The summed E-state index contributed by atoms with van der Waals surface area (Å²) >= 11 is 1.65. The van der Waals surface area contributed by atoms with Crippen molar-refractivity contribution in [1.82, 2.24) is 4.90 Å². The van der Waals surface area contributed by atoms with Gasteiger partial charge in [-0.1, -0.05) is 12.1 Å². The third-order valence-electron chi connectivity index (χ3n) is 3.53. The van der Waals surface area contributed by atoms with Gasteiger partial charge in [0.05, 0.1) is 18.2 Å². The van der Waals surface area contributed by atoms with Crippen LogP contribution in [0.4, 0.5) is 0 Å². The van der Waals surface area contributed by atoms with E-state index in [1.165, 1.54) is 0 Å². The molecule has 1 N–H and O–H groups in total. The van der Waals surface area contributed by atoms with E-state index in [0.29, 0.717) is 23.4 Å². The molecule has 1 saturated heterocycles. The lowest BCUT2D eigenvalue weighted by Gasteiger charge is -2.34. The van der Waals surface area contributed by atoms with E-state index in [4.69, 9.17) is 5.11 Å².